The van der Waals surface area contributed by atoms with Gasteiger partial charge < -0.3 is 15.0 Å². The number of hydrogen-bond acceptors (Lipinski definition) is 5. The van der Waals surface area contributed by atoms with E-state index >= 15 is 0 Å². The lowest BCUT2D eigenvalue weighted by atomic mass is 10.0. The van der Waals surface area contributed by atoms with Crippen molar-refractivity contribution in [1.29, 1.82) is 0 Å². The van der Waals surface area contributed by atoms with E-state index in [4.69, 9.17) is 4.74 Å². The third kappa shape index (κ3) is 4.68. The number of benzene rings is 1. The maximum atomic E-state index is 12.5. The molecule has 0 saturated carbocycles. The molecule has 1 amide bonds. The Morgan fingerprint density at radius 2 is 2.16 bits per heavy atom. The summed E-state index contributed by atoms with van der Waals surface area (Å²) in [4.78, 5) is 23.1. The first kappa shape index (κ1) is 17.2. The molecule has 1 fully saturated rings. The molecule has 6 nitrogen and oxygen atoms in total. The monoisotopic (exact) mass is 340 g/mol. The minimum atomic E-state index is -0.0481. The van der Waals surface area contributed by atoms with Crippen molar-refractivity contribution in [2.24, 2.45) is 0 Å². The average molecular weight is 340 g/mol. The number of rotatable bonds is 6. The molecule has 25 heavy (non-hydrogen) atoms. The van der Waals surface area contributed by atoms with Crippen LogP contribution in [0.3, 0.4) is 0 Å². The third-order valence-corrected chi connectivity index (χ3v) is 4.22. The molecule has 1 aliphatic rings. The van der Waals surface area contributed by atoms with E-state index in [1.54, 1.807) is 18.6 Å². The van der Waals surface area contributed by atoms with Gasteiger partial charge in [-0.25, -0.2) is 4.98 Å². The maximum Gasteiger partial charge on any atom is 0.251 e. The molecule has 1 atom stereocenters. The first-order valence-corrected chi connectivity index (χ1v) is 8.81. The zero-order chi connectivity index (χ0) is 17.5. The van der Waals surface area contributed by atoms with Gasteiger partial charge in [-0.05, 0) is 43.5 Å². The molecule has 0 aliphatic carbocycles. The highest BCUT2D eigenvalue weighted by Crippen LogP contribution is 2.17. The largest absolute Gasteiger partial charge is 0.494 e. The average Bonchev–Trinajstić information content (AvgIpc) is 2.67. The van der Waals surface area contributed by atoms with Crippen LogP contribution in [0.5, 0.6) is 5.75 Å². The minimum absolute atomic E-state index is 0.0481. The lowest BCUT2D eigenvalue weighted by Gasteiger charge is -2.33. The van der Waals surface area contributed by atoms with Crippen molar-refractivity contribution in [3.8, 4) is 5.75 Å². The summed E-state index contributed by atoms with van der Waals surface area (Å²) < 4.78 is 5.55. The van der Waals surface area contributed by atoms with E-state index in [9.17, 15) is 4.79 Å². The smallest absolute Gasteiger partial charge is 0.251 e. The molecule has 2 aromatic rings. The Morgan fingerprint density at radius 3 is 2.88 bits per heavy atom. The number of amides is 1. The number of carbonyl (C=O) groups excluding carboxylic acids is 1. The highest BCUT2D eigenvalue weighted by Gasteiger charge is 2.22. The van der Waals surface area contributed by atoms with Crippen molar-refractivity contribution in [3.63, 3.8) is 0 Å². The van der Waals surface area contributed by atoms with E-state index in [1.165, 1.54) is 0 Å². The second-order valence-corrected chi connectivity index (χ2v) is 6.20. The molecular formula is C19H24N4O2. The SMILES string of the molecule is CCCOc1ccc(C(=O)NC2CCCN(c3cnccn3)C2)cc1. The number of hydrogen-bond donors (Lipinski definition) is 1. The number of piperidine rings is 1. The van der Waals surface area contributed by atoms with Crippen LogP contribution in [-0.4, -0.2) is 41.6 Å². The molecule has 1 aromatic heterocycles. The summed E-state index contributed by atoms with van der Waals surface area (Å²) in [6, 6.07) is 7.42. The Hall–Kier alpha value is -2.63. The fourth-order valence-corrected chi connectivity index (χ4v) is 2.95. The maximum absolute atomic E-state index is 12.5. The van der Waals surface area contributed by atoms with Gasteiger partial charge in [0.05, 0.1) is 12.8 Å². The predicted molar refractivity (Wildman–Crippen MR) is 97.0 cm³/mol. The highest BCUT2D eigenvalue weighted by atomic mass is 16.5. The molecule has 3 rings (SSSR count). The van der Waals surface area contributed by atoms with E-state index in [0.29, 0.717) is 12.2 Å². The topological polar surface area (TPSA) is 67.3 Å². The van der Waals surface area contributed by atoms with Crippen molar-refractivity contribution in [1.82, 2.24) is 15.3 Å². The summed E-state index contributed by atoms with van der Waals surface area (Å²) in [6.45, 7) is 4.44. The van der Waals surface area contributed by atoms with Gasteiger partial charge in [0.2, 0.25) is 0 Å². The number of aromatic nitrogens is 2. The molecule has 0 bridgehead atoms. The zero-order valence-corrected chi connectivity index (χ0v) is 14.5. The van der Waals surface area contributed by atoms with Crippen LogP contribution in [0.1, 0.15) is 36.5 Å². The Labute approximate surface area is 148 Å². The summed E-state index contributed by atoms with van der Waals surface area (Å²) in [5.74, 6) is 1.61. The first-order chi connectivity index (χ1) is 12.3. The van der Waals surface area contributed by atoms with Crippen LogP contribution in [-0.2, 0) is 0 Å². The van der Waals surface area contributed by atoms with Gasteiger partial charge in [0.15, 0.2) is 0 Å². The van der Waals surface area contributed by atoms with Crippen molar-refractivity contribution >= 4 is 11.7 Å². The predicted octanol–water partition coefficient (Wildman–Crippen LogP) is 2.66. The van der Waals surface area contributed by atoms with Gasteiger partial charge >= 0.3 is 0 Å². The van der Waals surface area contributed by atoms with Gasteiger partial charge in [-0.1, -0.05) is 6.92 Å². The van der Waals surface area contributed by atoms with Crippen molar-refractivity contribution in [2.45, 2.75) is 32.2 Å². The Morgan fingerprint density at radius 1 is 1.32 bits per heavy atom. The van der Waals surface area contributed by atoms with Gasteiger partial charge in [0.1, 0.15) is 11.6 Å². The minimum Gasteiger partial charge on any atom is -0.494 e. The summed E-state index contributed by atoms with van der Waals surface area (Å²) in [5, 5.41) is 3.13. The zero-order valence-electron chi connectivity index (χ0n) is 14.5. The van der Waals surface area contributed by atoms with Gasteiger partial charge in [0, 0.05) is 37.1 Å². The van der Waals surface area contributed by atoms with Crippen LogP contribution in [0, 0.1) is 0 Å². The number of carbonyl (C=O) groups is 1. The first-order valence-electron chi connectivity index (χ1n) is 8.81. The van der Waals surface area contributed by atoms with Gasteiger partial charge in [-0.3, -0.25) is 9.78 Å². The molecule has 2 heterocycles. The standard InChI is InChI=1S/C19H24N4O2/c1-2-12-25-17-7-5-15(6-8-17)19(24)22-16-4-3-11-23(14-16)18-13-20-9-10-21-18/h5-10,13,16H,2-4,11-12,14H2,1H3,(H,22,24). The summed E-state index contributed by atoms with van der Waals surface area (Å²) >= 11 is 0. The van der Waals surface area contributed by atoms with Crippen LogP contribution in [0.4, 0.5) is 5.82 Å². The molecule has 1 aromatic carbocycles. The van der Waals surface area contributed by atoms with Crippen molar-refractivity contribution < 1.29 is 9.53 Å². The molecule has 1 aliphatic heterocycles. The van der Waals surface area contributed by atoms with Crippen molar-refractivity contribution in [3.05, 3.63) is 48.4 Å². The summed E-state index contributed by atoms with van der Waals surface area (Å²) in [6.07, 6.45) is 8.08. The molecule has 0 radical (unpaired) electrons. The van der Waals surface area contributed by atoms with Gasteiger partial charge in [-0.2, -0.15) is 0 Å². The van der Waals surface area contributed by atoms with Crippen molar-refractivity contribution in [2.75, 3.05) is 24.6 Å². The number of ether oxygens (including phenoxy) is 1. The molecule has 132 valence electrons. The van der Waals surface area contributed by atoms with E-state index in [-0.39, 0.29) is 11.9 Å². The van der Waals surface area contributed by atoms with E-state index in [1.807, 2.05) is 24.3 Å². The van der Waals surface area contributed by atoms with Crippen LogP contribution in [0.15, 0.2) is 42.9 Å². The highest BCUT2D eigenvalue weighted by molar-refractivity contribution is 5.94. The second-order valence-electron chi connectivity index (χ2n) is 6.20. The summed E-state index contributed by atoms with van der Waals surface area (Å²) in [7, 11) is 0. The second kappa shape index (κ2) is 8.46. The lowest BCUT2D eigenvalue weighted by Crippen LogP contribution is -2.48. The van der Waals surface area contributed by atoms with Gasteiger partial charge in [-0.15, -0.1) is 0 Å². The number of anilines is 1. The third-order valence-electron chi connectivity index (χ3n) is 4.22. The van der Waals surface area contributed by atoms with E-state index in [2.05, 4.69) is 27.1 Å². The molecule has 1 unspecified atom stereocenters. The van der Waals surface area contributed by atoms with Gasteiger partial charge in [0.25, 0.3) is 5.91 Å². The molecular weight excluding hydrogens is 316 g/mol. The number of nitrogens with zero attached hydrogens (tertiary/aromatic N) is 3. The molecule has 0 spiro atoms. The summed E-state index contributed by atoms with van der Waals surface area (Å²) in [5.41, 5.74) is 0.653. The molecule has 6 heteroatoms. The van der Waals surface area contributed by atoms with E-state index in [0.717, 1.165) is 43.9 Å². The lowest BCUT2D eigenvalue weighted by molar-refractivity contribution is 0.0933. The Balaban J connectivity index is 1.57. The Kier molecular flexibility index (Phi) is 5.82. The van der Waals surface area contributed by atoms with E-state index < -0.39 is 0 Å². The van der Waals surface area contributed by atoms with Crippen LogP contribution >= 0.6 is 0 Å². The van der Waals surface area contributed by atoms with Crippen LogP contribution in [0.2, 0.25) is 0 Å². The quantitative estimate of drug-likeness (QED) is 0.876. The van der Waals surface area contributed by atoms with Crippen LogP contribution < -0.4 is 15.0 Å². The Bertz CT molecular complexity index is 676. The number of nitrogens with one attached hydrogen (secondary N) is 1. The van der Waals surface area contributed by atoms with Crippen LogP contribution in [0.25, 0.3) is 0 Å². The molecule has 1 saturated heterocycles. The fourth-order valence-electron chi connectivity index (χ4n) is 2.95. The normalized spacial score (nSPS) is 17.2. The fraction of sp³-hybridized carbons (Fsp3) is 0.421. The molecule has 1 N–H and O–H groups in total.